The van der Waals surface area contributed by atoms with Crippen molar-refractivity contribution in [3.63, 3.8) is 0 Å². The van der Waals surface area contributed by atoms with Crippen molar-refractivity contribution >= 4 is 11.6 Å². The molecule has 0 radical (unpaired) electrons. The minimum Gasteiger partial charge on any atom is -0.398 e. The highest BCUT2D eigenvalue weighted by molar-refractivity contribution is 5.95. The van der Waals surface area contributed by atoms with E-state index in [4.69, 9.17) is 10.5 Å². The van der Waals surface area contributed by atoms with Crippen LogP contribution in [0.4, 0.5) is 18.9 Å². The summed E-state index contributed by atoms with van der Waals surface area (Å²) in [5.41, 5.74) is 3.85. The van der Waals surface area contributed by atoms with E-state index in [9.17, 15) is 18.0 Å². The molecule has 0 aromatic heterocycles. The zero-order valence-corrected chi connectivity index (χ0v) is 10.8. The summed E-state index contributed by atoms with van der Waals surface area (Å²) in [6, 6.07) is 3.10. The summed E-state index contributed by atoms with van der Waals surface area (Å²) < 4.78 is 43.2. The fourth-order valence-electron chi connectivity index (χ4n) is 2.09. The smallest absolute Gasteiger partial charge is 0.398 e. The molecule has 7 heteroatoms. The number of hydrogen-bond acceptors (Lipinski definition) is 3. The topological polar surface area (TPSA) is 64.3 Å². The Morgan fingerprint density at radius 3 is 2.60 bits per heavy atom. The van der Waals surface area contributed by atoms with Crippen LogP contribution in [0, 0.1) is 0 Å². The largest absolute Gasteiger partial charge is 0.418 e. The first kappa shape index (κ1) is 14.6. The minimum absolute atomic E-state index is 0.0487. The van der Waals surface area contributed by atoms with E-state index in [-0.39, 0.29) is 17.7 Å². The van der Waals surface area contributed by atoms with Crippen molar-refractivity contribution < 1.29 is 22.7 Å². The van der Waals surface area contributed by atoms with Crippen LogP contribution in [-0.2, 0) is 10.9 Å². The normalized spacial score (nSPS) is 22.2. The molecule has 1 fully saturated rings. The number of hydrogen-bond donors (Lipinski definition) is 2. The third-order valence-electron chi connectivity index (χ3n) is 3.38. The predicted octanol–water partition coefficient (Wildman–Crippen LogP) is 2.19. The van der Waals surface area contributed by atoms with Crippen molar-refractivity contribution in [2.24, 2.45) is 0 Å². The van der Waals surface area contributed by atoms with Crippen LogP contribution in [0.2, 0.25) is 0 Å². The highest BCUT2D eigenvalue weighted by Gasteiger charge is 2.34. The molecule has 1 aliphatic rings. The van der Waals surface area contributed by atoms with Gasteiger partial charge in [-0.05, 0) is 31.0 Å². The van der Waals surface area contributed by atoms with E-state index >= 15 is 0 Å². The number of carbonyl (C=O) groups excluding carboxylic acids is 1. The Balaban J connectivity index is 2.07. The van der Waals surface area contributed by atoms with E-state index in [1.807, 2.05) is 0 Å². The van der Waals surface area contributed by atoms with Crippen LogP contribution < -0.4 is 11.1 Å². The molecule has 1 aromatic rings. The first-order chi connectivity index (χ1) is 9.31. The molecule has 20 heavy (non-hydrogen) atoms. The lowest BCUT2D eigenvalue weighted by molar-refractivity contribution is -0.136. The predicted molar refractivity (Wildman–Crippen MR) is 67.1 cm³/mol. The lowest BCUT2D eigenvalue weighted by atomic mass is 9.89. The number of rotatable bonds is 3. The van der Waals surface area contributed by atoms with Gasteiger partial charge in [-0.15, -0.1) is 0 Å². The van der Waals surface area contributed by atoms with Gasteiger partial charge >= 0.3 is 6.18 Å². The Morgan fingerprint density at radius 2 is 2.05 bits per heavy atom. The van der Waals surface area contributed by atoms with E-state index in [2.05, 4.69) is 5.32 Å². The van der Waals surface area contributed by atoms with Crippen LogP contribution in [0.1, 0.15) is 28.8 Å². The van der Waals surface area contributed by atoms with Gasteiger partial charge in [-0.25, -0.2) is 0 Å². The summed E-state index contributed by atoms with van der Waals surface area (Å²) >= 11 is 0. The van der Waals surface area contributed by atoms with Crippen LogP contribution in [0.25, 0.3) is 0 Å². The van der Waals surface area contributed by atoms with Crippen molar-refractivity contribution in [2.75, 3.05) is 12.8 Å². The SMILES string of the molecule is COC1CC(NC(=O)c2ccc(N)c(C(F)(F)F)c2)C1. The molecular formula is C13H15F3N2O2. The van der Waals surface area contributed by atoms with E-state index in [1.165, 1.54) is 6.07 Å². The van der Waals surface area contributed by atoms with Crippen LogP contribution in [0.3, 0.4) is 0 Å². The number of benzene rings is 1. The number of amides is 1. The summed E-state index contributed by atoms with van der Waals surface area (Å²) in [6.45, 7) is 0. The second kappa shape index (κ2) is 5.32. The van der Waals surface area contributed by atoms with Crippen LogP contribution >= 0.6 is 0 Å². The second-order valence-corrected chi connectivity index (χ2v) is 4.80. The third kappa shape index (κ3) is 3.04. The molecule has 0 unspecified atom stereocenters. The molecule has 3 N–H and O–H groups in total. The van der Waals surface area contributed by atoms with Crippen molar-refractivity contribution in [3.8, 4) is 0 Å². The van der Waals surface area contributed by atoms with Gasteiger partial charge in [0, 0.05) is 24.4 Å². The molecule has 4 nitrogen and oxygen atoms in total. The van der Waals surface area contributed by atoms with Crippen molar-refractivity contribution in [1.29, 1.82) is 0 Å². The number of halogens is 3. The quantitative estimate of drug-likeness (QED) is 0.838. The standard InChI is InChI=1S/C13H15F3N2O2/c1-20-9-5-8(6-9)18-12(19)7-2-3-11(17)10(4-7)13(14,15)16/h2-4,8-9H,5-6,17H2,1H3,(H,18,19). The minimum atomic E-state index is -4.57. The summed E-state index contributed by atoms with van der Waals surface area (Å²) in [5.74, 6) is -0.532. The molecule has 1 amide bonds. The van der Waals surface area contributed by atoms with Crippen molar-refractivity contribution in [3.05, 3.63) is 29.3 Å². The zero-order valence-electron chi connectivity index (χ0n) is 10.8. The summed E-state index contributed by atoms with van der Waals surface area (Å²) in [4.78, 5) is 11.9. The Labute approximate surface area is 114 Å². The van der Waals surface area contributed by atoms with E-state index in [0.29, 0.717) is 12.8 Å². The number of carbonyl (C=O) groups is 1. The summed E-state index contributed by atoms with van der Waals surface area (Å²) in [6.07, 6.45) is -3.12. The maximum absolute atomic E-state index is 12.7. The Bertz CT molecular complexity index is 511. The number of methoxy groups -OCH3 is 1. The van der Waals surface area contributed by atoms with Gasteiger partial charge < -0.3 is 15.8 Å². The molecule has 1 aliphatic carbocycles. The van der Waals surface area contributed by atoms with Crippen LogP contribution in [0.15, 0.2) is 18.2 Å². The van der Waals surface area contributed by atoms with Gasteiger partial charge in [-0.3, -0.25) is 4.79 Å². The highest BCUT2D eigenvalue weighted by Crippen LogP contribution is 2.34. The Kier molecular flexibility index (Phi) is 3.89. The van der Waals surface area contributed by atoms with Crippen LogP contribution in [-0.4, -0.2) is 25.2 Å². The van der Waals surface area contributed by atoms with E-state index in [1.54, 1.807) is 7.11 Å². The third-order valence-corrected chi connectivity index (χ3v) is 3.38. The Hall–Kier alpha value is -1.76. The lowest BCUT2D eigenvalue weighted by Crippen LogP contribution is -2.47. The van der Waals surface area contributed by atoms with Crippen molar-refractivity contribution in [1.82, 2.24) is 5.32 Å². The maximum Gasteiger partial charge on any atom is 0.418 e. The lowest BCUT2D eigenvalue weighted by Gasteiger charge is -2.34. The first-order valence-electron chi connectivity index (χ1n) is 6.11. The maximum atomic E-state index is 12.7. The molecule has 1 saturated carbocycles. The average Bonchev–Trinajstić information content (AvgIpc) is 2.32. The van der Waals surface area contributed by atoms with Gasteiger partial charge in [-0.2, -0.15) is 13.2 Å². The first-order valence-corrected chi connectivity index (χ1v) is 6.11. The summed E-state index contributed by atoms with van der Waals surface area (Å²) in [5, 5.41) is 2.67. The number of nitrogens with two attached hydrogens (primary N) is 1. The highest BCUT2D eigenvalue weighted by atomic mass is 19.4. The zero-order chi connectivity index (χ0) is 14.9. The molecule has 1 aromatic carbocycles. The molecule has 0 aliphatic heterocycles. The molecule has 110 valence electrons. The van der Waals surface area contributed by atoms with Gasteiger partial charge in [0.25, 0.3) is 5.91 Å². The number of alkyl halides is 3. The fraction of sp³-hybridized carbons (Fsp3) is 0.462. The molecule has 0 saturated heterocycles. The number of anilines is 1. The van der Waals surface area contributed by atoms with Gasteiger partial charge in [0.05, 0.1) is 11.7 Å². The van der Waals surface area contributed by atoms with Crippen molar-refractivity contribution in [2.45, 2.75) is 31.2 Å². The molecule has 0 bridgehead atoms. The molecular weight excluding hydrogens is 273 g/mol. The summed E-state index contributed by atoms with van der Waals surface area (Å²) in [7, 11) is 1.58. The Morgan fingerprint density at radius 1 is 1.40 bits per heavy atom. The number of ether oxygens (including phenoxy) is 1. The molecule has 0 spiro atoms. The van der Waals surface area contributed by atoms with Gasteiger partial charge in [0.2, 0.25) is 0 Å². The fourth-order valence-corrected chi connectivity index (χ4v) is 2.09. The number of nitrogen functional groups attached to an aromatic ring is 1. The average molecular weight is 288 g/mol. The molecule has 0 atom stereocenters. The molecule has 2 rings (SSSR count). The van der Waals surface area contributed by atoms with E-state index < -0.39 is 23.3 Å². The molecule has 0 heterocycles. The second-order valence-electron chi connectivity index (χ2n) is 4.80. The monoisotopic (exact) mass is 288 g/mol. The van der Waals surface area contributed by atoms with E-state index in [0.717, 1.165) is 12.1 Å². The number of nitrogens with one attached hydrogen (secondary N) is 1. The van der Waals surface area contributed by atoms with Crippen LogP contribution in [0.5, 0.6) is 0 Å². The van der Waals surface area contributed by atoms with Gasteiger partial charge in [0.15, 0.2) is 0 Å². The van der Waals surface area contributed by atoms with Gasteiger partial charge in [0.1, 0.15) is 0 Å². The van der Waals surface area contributed by atoms with Gasteiger partial charge in [-0.1, -0.05) is 0 Å².